The Hall–Kier alpha value is -1.75. The number of aliphatic imine (C=N–C) groups is 1. The Balaban J connectivity index is 2.33. The fourth-order valence-electron chi connectivity index (χ4n) is 1.26. The second-order valence-corrected chi connectivity index (χ2v) is 3.99. The molecule has 0 saturated heterocycles. The molecule has 0 saturated carbocycles. The Morgan fingerprint density at radius 2 is 2.00 bits per heavy atom. The smallest absolute Gasteiger partial charge is 0.123 e. The van der Waals surface area contributed by atoms with Crippen LogP contribution < -0.4 is 0 Å². The predicted octanol–water partition coefficient (Wildman–Crippen LogP) is 3.06. The van der Waals surface area contributed by atoms with Crippen molar-refractivity contribution in [3.8, 4) is 0 Å². The molecule has 3 nitrogen and oxygen atoms in total. The van der Waals surface area contributed by atoms with E-state index in [0.717, 1.165) is 10.7 Å². The van der Waals surface area contributed by atoms with Crippen LogP contribution in [0.4, 0.5) is 10.1 Å². The fourth-order valence-corrected chi connectivity index (χ4v) is 1.78. The molecule has 0 N–H and O–H groups in total. The normalized spacial score (nSPS) is 11.5. The highest BCUT2D eigenvalue weighted by Crippen LogP contribution is 2.17. The zero-order valence-electron chi connectivity index (χ0n) is 9.17. The van der Waals surface area contributed by atoms with Crippen LogP contribution >= 0.6 is 11.8 Å². The summed E-state index contributed by atoms with van der Waals surface area (Å²) in [6.07, 6.45) is 5.06. The molecule has 1 heterocycles. The molecular formula is C12H10FN3S. The van der Waals surface area contributed by atoms with E-state index in [0.29, 0.717) is 5.69 Å². The molecule has 0 aliphatic heterocycles. The van der Waals surface area contributed by atoms with Gasteiger partial charge in [0.25, 0.3) is 0 Å². The van der Waals surface area contributed by atoms with E-state index in [4.69, 9.17) is 0 Å². The van der Waals surface area contributed by atoms with E-state index in [-0.39, 0.29) is 5.82 Å². The van der Waals surface area contributed by atoms with Crippen molar-refractivity contribution in [3.05, 3.63) is 54.4 Å². The third-order valence-corrected chi connectivity index (χ3v) is 2.74. The van der Waals surface area contributed by atoms with Crippen LogP contribution in [0.25, 0.3) is 0 Å². The van der Waals surface area contributed by atoms with E-state index in [1.165, 1.54) is 30.2 Å². The van der Waals surface area contributed by atoms with Gasteiger partial charge in [-0.2, -0.15) is 0 Å². The molecule has 5 heteroatoms. The lowest BCUT2D eigenvalue weighted by Crippen LogP contribution is -1.97. The zero-order chi connectivity index (χ0) is 12.1. The lowest BCUT2D eigenvalue weighted by Gasteiger charge is -2.01. The first-order valence-electron chi connectivity index (χ1n) is 4.94. The van der Waals surface area contributed by atoms with Gasteiger partial charge >= 0.3 is 0 Å². The predicted molar refractivity (Wildman–Crippen MR) is 68.1 cm³/mol. The topological polar surface area (TPSA) is 38.1 Å². The first-order valence-corrected chi connectivity index (χ1v) is 6.16. The summed E-state index contributed by atoms with van der Waals surface area (Å²) in [5.74, 6) is -0.267. The van der Waals surface area contributed by atoms with Crippen molar-refractivity contribution in [2.45, 2.75) is 0 Å². The zero-order valence-corrected chi connectivity index (χ0v) is 9.99. The maximum absolute atomic E-state index is 12.8. The Morgan fingerprint density at radius 3 is 2.59 bits per heavy atom. The summed E-state index contributed by atoms with van der Waals surface area (Å²) < 4.78 is 12.8. The molecule has 0 radical (unpaired) electrons. The van der Waals surface area contributed by atoms with Gasteiger partial charge < -0.3 is 0 Å². The Kier molecular flexibility index (Phi) is 3.82. The molecule has 0 bridgehead atoms. The molecule has 17 heavy (non-hydrogen) atoms. The minimum absolute atomic E-state index is 0.267. The minimum atomic E-state index is -0.267. The van der Waals surface area contributed by atoms with Gasteiger partial charge in [0.1, 0.15) is 17.2 Å². The number of aromatic nitrogens is 2. The van der Waals surface area contributed by atoms with Crippen LogP contribution in [0.15, 0.2) is 47.8 Å². The average molecular weight is 247 g/mol. The van der Waals surface area contributed by atoms with E-state index in [9.17, 15) is 4.39 Å². The monoisotopic (exact) mass is 247 g/mol. The van der Waals surface area contributed by atoms with Crippen LogP contribution in [-0.4, -0.2) is 21.3 Å². The molecular weight excluding hydrogens is 237 g/mol. The molecule has 2 rings (SSSR count). The number of hydrogen-bond acceptors (Lipinski definition) is 4. The summed E-state index contributed by atoms with van der Waals surface area (Å²) in [5.41, 5.74) is 1.46. The molecule has 0 unspecified atom stereocenters. The number of rotatable bonds is 2. The maximum Gasteiger partial charge on any atom is 0.123 e. The third-order valence-electron chi connectivity index (χ3n) is 2.05. The standard InChI is InChI=1S/C12H10FN3S/c1-17-12(11-6-7-14-8-15-11)16-10-4-2-9(13)3-5-10/h2-8H,1H3/b16-12-. The third kappa shape index (κ3) is 3.10. The highest BCUT2D eigenvalue weighted by Gasteiger charge is 2.03. The van der Waals surface area contributed by atoms with Crippen LogP contribution in [0, 0.1) is 5.82 Å². The van der Waals surface area contributed by atoms with Gasteiger partial charge in [0.15, 0.2) is 0 Å². The summed E-state index contributed by atoms with van der Waals surface area (Å²) in [4.78, 5) is 12.4. The first kappa shape index (κ1) is 11.7. The molecule has 0 atom stereocenters. The maximum atomic E-state index is 12.8. The number of hydrogen-bond donors (Lipinski definition) is 0. The van der Waals surface area contributed by atoms with E-state index in [1.54, 1.807) is 24.4 Å². The van der Waals surface area contributed by atoms with Crippen molar-refractivity contribution >= 4 is 22.5 Å². The van der Waals surface area contributed by atoms with Crippen molar-refractivity contribution in [2.75, 3.05) is 6.26 Å². The molecule has 86 valence electrons. The lowest BCUT2D eigenvalue weighted by atomic mass is 10.3. The summed E-state index contributed by atoms with van der Waals surface area (Å²) in [6.45, 7) is 0. The summed E-state index contributed by atoms with van der Waals surface area (Å²) in [5, 5.41) is 0.777. The van der Waals surface area contributed by atoms with Crippen LogP contribution in [0.5, 0.6) is 0 Å². The Bertz CT molecular complexity index is 511. The van der Waals surface area contributed by atoms with Gasteiger partial charge in [0, 0.05) is 6.20 Å². The highest BCUT2D eigenvalue weighted by molar-refractivity contribution is 8.13. The van der Waals surface area contributed by atoms with E-state index >= 15 is 0 Å². The van der Waals surface area contributed by atoms with Gasteiger partial charge in [-0.3, -0.25) is 0 Å². The SMILES string of the molecule is CS/C(=N\c1ccc(F)cc1)c1ccncn1. The summed E-state index contributed by atoms with van der Waals surface area (Å²) >= 11 is 1.49. The van der Waals surface area contributed by atoms with Gasteiger partial charge in [0.2, 0.25) is 0 Å². The van der Waals surface area contributed by atoms with Gasteiger partial charge in [0.05, 0.1) is 11.4 Å². The van der Waals surface area contributed by atoms with Crippen molar-refractivity contribution in [1.29, 1.82) is 0 Å². The molecule has 1 aromatic heterocycles. The van der Waals surface area contributed by atoms with Gasteiger partial charge in [-0.05, 0) is 36.6 Å². The van der Waals surface area contributed by atoms with E-state index in [1.807, 2.05) is 6.26 Å². The first-order chi connectivity index (χ1) is 8.29. The summed E-state index contributed by atoms with van der Waals surface area (Å²) in [6, 6.07) is 7.83. The minimum Gasteiger partial charge on any atom is -0.245 e. The lowest BCUT2D eigenvalue weighted by molar-refractivity contribution is 0.628. The van der Waals surface area contributed by atoms with Crippen molar-refractivity contribution in [1.82, 2.24) is 9.97 Å². The summed E-state index contributed by atoms with van der Waals surface area (Å²) in [7, 11) is 0. The molecule has 0 spiro atoms. The largest absolute Gasteiger partial charge is 0.245 e. The van der Waals surface area contributed by atoms with E-state index in [2.05, 4.69) is 15.0 Å². The highest BCUT2D eigenvalue weighted by atomic mass is 32.2. The molecule has 0 amide bonds. The molecule has 2 aromatic rings. The van der Waals surface area contributed by atoms with Gasteiger partial charge in [-0.15, -0.1) is 11.8 Å². The second kappa shape index (κ2) is 5.54. The number of benzene rings is 1. The Morgan fingerprint density at radius 1 is 1.24 bits per heavy atom. The van der Waals surface area contributed by atoms with Gasteiger partial charge in [-0.1, -0.05) is 0 Å². The number of thioether (sulfide) groups is 1. The van der Waals surface area contributed by atoms with Crippen LogP contribution in [-0.2, 0) is 0 Å². The molecule has 0 aliphatic rings. The van der Waals surface area contributed by atoms with Crippen molar-refractivity contribution in [3.63, 3.8) is 0 Å². The quantitative estimate of drug-likeness (QED) is 0.604. The number of nitrogens with zero attached hydrogens (tertiary/aromatic N) is 3. The number of halogens is 1. The molecule has 0 fully saturated rings. The molecule has 1 aromatic carbocycles. The van der Waals surface area contributed by atoms with Crippen molar-refractivity contribution in [2.24, 2.45) is 4.99 Å². The van der Waals surface area contributed by atoms with Gasteiger partial charge in [-0.25, -0.2) is 19.4 Å². The van der Waals surface area contributed by atoms with E-state index < -0.39 is 0 Å². The van der Waals surface area contributed by atoms with Crippen LogP contribution in [0.2, 0.25) is 0 Å². The Labute approximate surface area is 103 Å². The van der Waals surface area contributed by atoms with Crippen LogP contribution in [0.1, 0.15) is 5.69 Å². The van der Waals surface area contributed by atoms with Crippen molar-refractivity contribution < 1.29 is 4.39 Å². The fraction of sp³-hybridized carbons (Fsp3) is 0.0833. The average Bonchev–Trinajstić information content (AvgIpc) is 2.39. The van der Waals surface area contributed by atoms with Crippen LogP contribution in [0.3, 0.4) is 0 Å². The second-order valence-electron chi connectivity index (χ2n) is 3.19. The molecule has 0 aliphatic carbocycles.